The lowest BCUT2D eigenvalue weighted by Gasteiger charge is -2.07. The lowest BCUT2D eigenvalue weighted by atomic mass is 10.3. The van der Waals surface area contributed by atoms with Crippen LogP contribution in [0.2, 0.25) is 0 Å². The Morgan fingerprint density at radius 1 is 1.35 bits per heavy atom. The van der Waals surface area contributed by atoms with Gasteiger partial charge in [0.2, 0.25) is 5.91 Å². The molecule has 0 saturated heterocycles. The first kappa shape index (κ1) is 13.5. The fraction of sp³-hybridized carbons (Fsp3) is 0.417. The molecule has 1 amide bonds. The molecule has 5 heteroatoms. The Kier molecular flexibility index (Phi) is 6.06. The molecule has 0 heterocycles. The van der Waals surface area contributed by atoms with Crippen LogP contribution in [0.1, 0.15) is 6.92 Å². The van der Waals surface area contributed by atoms with Crippen LogP contribution in [-0.4, -0.2) is 32.3 Å². The first-order chi connectivity index (χ1) is 8.26. The molecular formula is C12H18N2O3. The van der Waals surface area contributed by atoms with Crippen LogP contribution in [0, 0.1) is 0 Å². The number of hydrogen-bond donors (Lipinski definition) is 2. The Balaban J connectivity index is 2.37. The second kappa shape index (κ2) is 7.65. The smallest absolute Gasteiger partial charge is 0.250 e. The third-order valence-electron chi connectivity index (χ3n) is 1.94. The van der Waals surface area contributed by atoms with E-state index in [1.54, 1.807) is 24.3 Å². The van der Waals surface area contributed by atoms with Crippen molar-refractivity contribution in [2.24, 2.45) is 5.73 Å². The van der Waals surface area contributed by atoms with Gasteiger partial charge in [0.1, 0.15) is 12.4 Å². The molecule has 0 fully saturated rings. The summed E-state index contributed by atoms with van der Waals surface area (Å²) >= 11 is 0. The van der Waals surface area contributed by atoms with E-state index >= 15 is 0 Å². The predicted octanol–water partition coefficient (Wildman–Crippen LogP) is 0.999. The number of hydrogen-bond acceptors (Lipinski definition) is 4. The van der Waals surface area contributed by atoms with Crippen LogP contribution in [-0.2, 0) is 9.53 Å². The van der Waals surface area contributed by atoms with Crippen LogP contribution in [0.5, 0.6) is 5.75 Å². The number of nitrogens with two attached hydrogens (primary N) is 1. The van der Waals surface area contributed by atoms with Gasteiger partial charge in [-0.15, -0.1) is 0 Å². The molecule has 17 heavy (non-hydrogen) atoms. The van der Waals surface area contributed by atoms with E-state index < -0.39 is 0 Å². The molecule has 0 bridgehead atoms. The first-order valence-corrected chi connectivity index (χ1v) is 5.56. The minimum atomic E-state index is -0.192. The van der Waals surface area contributed by atoms with Crippen molar-refractivity contribution in [3.8, 4) is 5.75 Å². The number of anilines is 1. The highest BCUT2D eigenvalue weighted by Gasteiger charge is 2.02. The van der Waals surface area contributed by atoms with Crippen molar-refractivity contribution in [3.63, 3.8) is 0 Å². The summed E-state index contributed by atoms with van der Waals surface area (Å²) in [6, 6.07) is 7.18. The molecule has 0 aliphatic heterocycles. The number of amides is 1. The average molecular weight is 238 g/mol. The first-order valence-electron chi connectivity index (χ1n) is 5.56. The van der Waals surface area contributed by atoms with E-state index in [1.165, 1.54) is 0 Å². The monoisotopic (exact) mass is 238 g/mol. The molecule has 0 spiro atoms. The number of rotatable bonds is 7. The second-order valence-electron chi connectivity index (χ2n) is 3.35. The molecule has 3 N–H and O–H groups in total. The van der Waals surface area contributed by atoms with Gasteiger partial charge in [-0.1, -0.05) is 0 Å². The summed E-state index contributed by atoms with van der Waals surface area (Å²) in [5.74, 6) is 0.590. The highest BCUT2D eigenvalue weighted by molar-refractivity contribution is 5.91. The molecule has 0 aromatic heterocycles. The Morgan fingerprint density at radius 2 is 2.06 bits per heavy atom. The van der Waals surface area contributed by atoms with Gasteiger partial charge >= 0.3 is 0 Å². The molecule has 0 aliphatic rings. The van der Waals surface area contributed by atoms with Crippen molar-refractivity contribution in [1.29, 1.82) is 0 Å². The standard InChI is InChI=1S/C12H18N2O3/c1-2-17-11-5-3-10(4-6-11)14-12(15)9-16-8-7-13/h3-6H,2,7-9,13H2,1H3,(H,14,15). The molecule has 0 saturated carbocycles. The summed E-state index contributed by atoms with van der Waals surface area (Å²) in [4.78, 5) is 11.4. The maximum absolute atomic E-state index is 11.4. The topological polar surface area (TPSA) is 73.6 Å². The minimum absolute atomic E-state index is 0.0183. The molecular weight excluding hydrogens is 220 g/mol. The molecule has 0 unspecified atom stereocenters. The van der Waals surface area contributed by atoms with E-state index in [4.69, 9.17) is 15.2 Å². The molecule has 1 aromatic rings. The van der Waals surface area contributed by atoms with Gasteiger partial charge < -0.3 is 20.5 Å². The summed E-state index contributed by atoms with van der Waals surface area (Å²) in [7, 11) is 0. The van der Waals surface area contributed by atoms with Crippen LogP contribution in [0.15, 0.2) is 24.3 Å². The fourth-order valence-electron chi connectivity index (χ4n) is 1.25. The second-order valence-corrected chi connectivity index (χ2v) is 3.35. The SMILES string of the molecule is CCOc1ccc(NC(=O)COCCN)cc1. The van der Waals surface area contributed by atoms with Crippen LogP contribution in [0.4, 0.5) is 5.69 Å². The van der Waals surface area contributed by atoms with E-state index in [1.807, 2.05) is 6.92 Å². The molecule has 1 aromatic carbocycles. The largest absolute Gasteiger partial charge is 0.494 e. The molecule has 0 atom stereocenters. The Hall–Kier alpha value is -1.59. The summed E-state index contributed by atoms with van der Waals surface area (Å²) in [5.41, 5.74) is 5.96. The lowest BCUT2D eigenvalue weighted by molar-refractivity contribution is -0.120. The Bertz CT molecular complexity index is 338. The quantitative estimate of drug-likeness (QED) is 0.695. The van der Waals surface area contributed by atoms with Crippen molar-refractivity contribution in [3.05, 3.63) is 24.3 Å². The Labute approximate surface area is 101 Å². The van der Waals surface area contributed by atoms with Crippen molar-refractivity contribution in [1.82, 2.24) is 0 Å². The zero-order valence-corrected chi connectivity index (χ0v) is 9.94. The van der Waals surface area contributed by atoms with Gasteiger partial charge in [0.15, 0.2) is 0 Å². The number of carbonyl (C=O) groups is 1. The molecule has 94 valence electrons. The summed E-state index contributed by atoms with van der Waals surface area (Å²) in [6.07, 6.45) is 0. The molecule has 0 aliphatic carbocycles. The van der Waals surface area contributed by atoms with Crippen LogP contribution >= 0.6 is 0 Å². The van der Waals surface area contributed by atoms with Crippen LogP contribution in [0.25, 0.3) is 0 Å². The normalized spacial score (nSPS) is 10.0. The average Bonchev–Trinajstić information content (AvgIpc) is 2.32. The van der Waals surface area contributed by atoms with Gasteiger partial charge in [-0.05, 0) is 31.2 Å². The van der Waals surface area contributed by atoms with Gasteiger partial charge in [-0.3, -0.25) is 4.79 Å². The summed E-state index contributed by atoms with van der Waals surface area (Å²) < 4.78 is 10.3. The lowest BCUT2D eigenvalue weighted by Crippen LogP contribution is -2.20. The number of benzene rings is 1. The van der Waals surface area contributed by atoms with E-state index in [2.05, 4.69) is 5.32 Å². The maximum Gasteiger partial charge on any atom is 0.250 e. The van der Waals surface area contributed by atoms with Gasteiger partial charge in [0.05, 0.1) is 13.2 Å². The van der Waals surface area contributed by atoms with Crippen LogP contribution < -0.4 is 15.8 Å². The van der Waals surface area contributed by atoms with E-state index in [9.17, 15) is 4.79 Å². The van der Waals surface area contributed by atoms with Crippen LogP contribution in [0.3, 0.4) is 0 Å². The molecule has 0 radical (unpaired) electrons. The van der Waals surface area contributed by atoms with E-state index in [0.29, 0.717) is 19.8 Å². The summed E-state index contributed by atoms with van der Waals surface area (Å²) in [6.45, 7) is 3.36. The van der Waals surface area contributed by atoms with E-state index in [0.717, 1.165) is 11.4 Å². The fourth-order valence-corrected chi connectivity index (χ4v) is 1.25. The zero-order valence-electron chi connectivity index (χ0n) is 9.94. The van der Waals surface area contributed by atoms with Gasteiger partial charge in [0, 0.05) is 12.2 Å². The van der Waals surface area contributed by atoms with Crippen molar-refractivity contribution >= 4 is 11.6 Å². The maximum atomic E-state index is 11.4. The van der Waals surface area contributed by atoms with Crippen molar-refractivity contribution < 1.29 is 14.3 Å². The van der Waals surface area contributed by atoms with E-state index in [-0.39, 0.29) is 12.5 Å². The Morgan fingerprint density at radius 3 is 2.65 bits per heavy atom. The number of ether oxygens (including phenoxy) is 2. The van der Waals surface area contributed by atoms with Gasteiger partial charge in [-0.2, -0.15) is 0 Å². The predicted molar refractivity (Wildman–Crippen MR) is 66.1 cm³/mol. The van der Waals surface area contributed by atoms with Gasteiger partial charge in [-0.25, -0.2) is 0 Å². The molecule has 5 nitrogen and oxygen atoms in total. The number of carbonyl (C=O) groups excluding carboxylic acids is 1. The molecule has 1 rings (SSSR count). The van der Waals surface area contributed by atoms with Crippen molar-refractivity contribution in [2.75, 3.05) is 31.7 Å². The van der Waals surface area contributed by atoms with Gasteiger partial charge in [0.25, 0.3) is 0 Å². The summed E-state index contributed by atoms with van der Waals surface area (Å²) in [5, 5.41) is 2.71. The zero-order chi connectivity index (χ0) is 12.5. The third-order valence-corrected chi connectivity index (χ3v) is 1.94. The minimum Gasteiger partial charge on any atom is -0.494 e. The highest BCUT2D eigenvalue weighted by atomic mass is 16.5. The van der Waals surface area contributed by atoms with Crippen molar-refractivity contribution in [2.45, 2.75) is 6.92 Å². The third kappa shape index (κ3) is 5.33. The number of nitrogens with one attached hydrogen (secondary N) is 1. The highest BCUT2D eigenvalue weighted by Crippen LogP contribution is 2.15.